The molecule has 0 aliphatic carbocycles. The second-order valence-corrected chi connectivity index (χ2v) is 5.61. The molecule has 0 saturated carbocycles. The summed E-state index contributed by atoms with van der Waals surface area (Å²) in [6.45, 7) is 5.50. The molecule has 2 N–H and O–H groups in total. The molecule has 0 fully saturated rings. The van der Waals surface area contributed by atoms with E-state index in [1.807, 2.05) is 13.8 Å². The minimum atomic E-state index is -0.803. The summed E-state index contributed by atoms with van der Waals surface area (Å²) in [5.74, 6) is -0.00162. The van der Waals surface area contributed by atoms with Gasteiger partial charge in [-0.1, -0.05) is 26.0 Å². The molecule has 5 heteroatoms. The first-order valence-corrected chi connectivity index (χ1v) is 7.30. The third-order valence-corrected chi connectivity index (χ3v) is 3.18. The average Bonchev–Trinajstić information content (AvgIpc) is 2.44. The summed E-state index contributed by atoms with van der Waals surface area (Å²) in [6.07, 6.45) is -0.401. The predicted octanol–water partition coefficient (Wildman–Crippen LogP) is 1.95. The second-order valence-electron chi connectivity index (χ2n) is 5.61. The fraction of sp³-hybridized carbons (Fsp3) is 0.562. The van der Waals surface area contributed by atoms with E-state index in [1.54, 1.807) is 24.1 Å². The number of halogens is 1. The van der Waals surface area contributed by atoms with Gasteiger partial charge in [-0.05, 0) is 30.7 Å². The minimum absolute atomic E-state index is 0.0132. The number of aliphatic hydroxyl groups is 1. The number of nitrogens with one attached hydrogen (secondary N) is 1. The molecular formula is C16H25FN2O2. The van der Waals surface area contributed by atoms with Gasteiger partial charge < -0.3 is 15.3 Å². The van der Waals surface area contributed by atoms with Crippen molar-refractivity contribution in [2.24, 2.45) is 5.92 Å². The van der Waals surface area contributed by atoms with E-state index in [9.17, 15) is 14.3 Å². The van der Waals surface area contributed by atoms with Crippen LogP contribution in [-0.2, 0) is 4.79 Å². The van der Waals surface area contributed by atoms with Gasteiger partial charge in [0.2, 0.25) is 5.91 Å². The van der Waals surface area contributed by atoms with Gasteiger partial charge in [0.1, 0.15) is 5.82 Å². The first kappa shape index (κ1) is 17.6. The Morgan fingerprint density at radius 3 is 2.43 bits per heavy atom. The summed E-state index contributed by atoms with van der Waals surface area (Å²) in [5, 5.41) is 13.2. The van der Waals surface area contributed by atoms with E-state index in [0.717, 1.165) is 0 Å². The molecule has 0 saturated heterocycles. The van der Waals surface area contributed by atoms with Crippen LogP contribution in [0, 0.1) is 11.7 Å². The van der Waals surface area contributed by atoms with Gasteiger partial charge in [0.05, 0.1) is 12.6 Å². The maximum atomic E-state index is 12.9. The van der Waals surface area contributed by atoms with Gasteiger partial charge in [-0.2, -0.15) is 0 Å². The van der Waals surface area contributed by atoms with Crippen molar-refractivity contribution in [2.45, 2.75) is 26.4 Å². The molecule has 0 heterocycles. The van der Waals surface area contributed by atoms with Crippen molar-refractivity contribution in [3.8, 4) is 0 Å². The molecule has 0 radical (unpaired) electrons. The number of carbonyl (C=O) groups excluding carboxylic acids is 1. The Hall–Kier alpha value is -1.46. The van der Waals surface area contributed by atoms with Gasteiger partial charge in [-0.15, -0.1) is 0 Å². The van der Waals surface area contributed by atoms with Crippen molar-refractivity contribution in [1.82, 2.24) is 10.2 Å². The monoisotopic (exact) mass is 296 g/mol. The lowest BCUT2D eigenvalue weighted by molar-refractivity contribution is -0.133. The number of benzene rings is 1. The van der Waals surface area contributed by atoms with Crippen LogP contribution in [0.4, 0.5) is 4.39 Å². The summed E-state index contributed by atoms with van der Waals surface area (Å²) in [4.78, 5) is 13.8. The van der Waals surface area contributed by atoms with Crippen molar-refractivity contribution in [3.05, 3.63) is 35.6 Å². The summed E-state index contributed by atoms with van der Waals surface area (Å²) < 4.78 is 12.9. The van der Waals surface area contributed by atoms with Crippen LogP contribution in [0.15, 0.2) is 24.3 Å². The van der Waals surface area contributed by atoms with Crippen LogP contribution >= 0.6 is 0 Å². The Morgan fingerprint density at radius 1 is 1.29 bits per heavy atom. The minimum Gasteiger partial charge on any atom is -0.387 e. The van der Waals surface area contributed by atoms with Crippen LogP contribution in [0.25, 0.3) is 0 Å². The van der Waals surface area contributed by atoms with E-state index in [0.29, 0.717) is 31.0 Å². The molecule has 0 spiro atoms. The SMILES string of the molecule is CNCCC(=O)N(CC(C)C)CC(O)c1ccc(F)cc1. The molecule has 1 unspecified atom stereocenters. The number of carbonyl (C=O) groups is 1. The van der Waals surface area contributed by atoms with Gasteiger partial charge in [0.15, 0.2) is 0 Å². The van der Waals surface area contributed by atoms with Crippen LogP contribution in [0.3, 0.4) is 0 Å². The van der Waals surface area contributed by atoms with Crippen molar-refractivity contribution < 1.29 is 14.3 Å². The van der Waals surface area contributed by atoms with E-state index < -0.39 is 6.10 Å². The second kappa shape index (κ2) is 8.74. The third kappa shape index (κ3) is 6.23. The maximum Gasteiger partial charge on any atom is 0.223 e. The van der Waals surface area contributed by atoms with Gasteiger partial charge in [-0.25, -0.2) is 4.39 Å². The third-order valence-electron chi connectivity index (χ3n) is 3.18. The first-order chi connectivity index (χ1) is 9.93. The maximum absolute atomic E-state index is 12.9. The molecular weight excluding hydrogens is 271 g/mol. The van der Waals surface area contributed by atoms with Gasteiger partial charge in [-0.3, -0.25) is 4.79 Å². The van der Waals surface area contributed by atoms with E-state index in [2.05, 4.69) is 5.32 Å². The standard InChI is InChI=1S/C16H25FN2O2/c1-12(2)10-19(16(21)8-9-18-3)11-15(20)13-4-6-14(17)7-5-13/h4-7,12,15,18,20H,8-11H2,1-3H3. The van der Waals surface area contributed by atoms with Crippen molar-refractivity contribution >= 4 is 5.91 Å². The van der Waals surface area contributed by atoms with Crippen molar-refractivity contribution in [3.63, 3.8) is 0 Å². The van der Waals surface area contributed by atoms with E-state index in [1.165, 1.54) is 12.1 Å². The van der Waals surface area contributed by atoms with E-state index in [-0.39, 0.29) is 18.3 Å². The molecule has 0 aliphatic heterocycles. The lowest BCUT2D eigenvalue weighted by Crippen LogP contribution is -2.38. The van der Waals surface area contributed by atoms with E-state index >= 15 is 0 Å². The Bertz CT molecular complexity index is 434. The molecule has 118 valence electrons. The molecule has 1 amide bonds. The highest BCUT2D eigenvalue weighted by atomic mass is 19.1. The van der Waals surface area contributed by atoms with Gasteiger partial charge in [0, 0.05) is 19.5 Å². The predicted molar refractivity (Wildman–Crippen MR) is 81.3 cm³/mol. The number of nitrogens with zero attached hydrogens (tertiary/aromatic N) is 1. The Balaban J connectivity index is 2.70. The number of rotatable bonds is 8. The molecule has 0 aliphatic rings. The number of aliphatic hydroxyl groups excluding tert-OH is 1. The summed E-state index contributed by atoms with van der Waals surface area (Å²) >= 11 is 0. The summed E-state index contributed by atoms with van der Waals surface area (Å²) in [6, 6.07) is 5.72. The van der Waals surface area contributed by atoms with Crippen LogP contribution in [-0.4, -0.2) is 42.6 Å². The summed E-state index contributed by atoms with van der Waals surface area (Å²) in [7, 11) is 1.80. The molecule has 4 nitrogen and oxygen atoms in total. The highest BCUT2D eigenvalue weighted by Gasteiger charge is 2.19. The Morgan fingerprint density at radius 2 is 1.90 bits per heavy atom. The first-order valence-electron chi connectivity index (χ1n) is 7.30. The van der Waals surface area contributed by atoms with Crippen LogP contribution < -0.4 is 5.32 Å². The molecule has 1 aromatic carbocycles. The van der Waals surface area contributed by atoms with Crippen LogP contribution in [0.2, 0.25) is 0 Å². The smallest absolute Gasteiger partial charge is 0.223 e. The summed E-state index contributed by atoms with van der Waals surface area (Å²) in [5.41, 5.74) is 0.617. The van der Waals surface area contributed by atoms with Gasteiger partial charge in [0.25, 0.3) is 0 Å². The molecule has 1 atom stereocenters. The van der Waals surface area contributed by atoms with E-state index in [4.69, 9.17) is 0 Å². The van der Waals surface area contributed by atoms with Crippen LogP contribution in [0.1, 0.15) is 31.9 Å². The lowest BCUT2D eigenvalue weighted by atomic mass is 10.1. The zero-order valence-corrected chi connectivity index (χ0v) is 13.0. The fourth-order valence-electron chi connectivity index (χ4n) is 2.11. The van der Waals surface area contributed by atoms with Gasteiger partial charge >= 0.3 is 0 Å². The molecule has 21 heavy (non-hydrogen) atoms. The topological polar surface area (TPSA) is 52.6 Å². The number of hydrogen-bond donors (Lipinski definition) is 2. The molecule has 0 bridgehead atoms. The zero-order valence-electron chi connectivity index (χ0n) is 13.0. The van der Waals surface area contributed by atoms with Crippen molar-refractivity contribution in [2.75, 3.05) is 26.7 Å². The highest BCUT2D eigenvalue weighted by Crippen LogP contribution is 2.16. The normalized spacial score (nSPS) is 12.5. The van der Waals surface area contributed by atoms with Crippen molar-refractivity contribution in [1.29, 1.82) is 0 Å². The molecule has 1 aromatic rings. The van der Waals surface area contributed by atoms with Crippen LogP contribution in [0.5, 0.6) is 0 Å². The zero-order chi connectivity index (χ0) is 15.8. The molecule has 1 rings (SSSR count). The number of amides is 1. The fourth-order valence-corrected chi connectivity index (χ4v) is 2.11. The Labute approximate surface area is 126 Å². The lowest BCUT2D eigenvalue weighted by Gasteiger charge is -2.27. The average molecular weight is 296 g/mol. The highest BCUT2D eigenvalue weighted by molar-refractivity contribution is 5.76. The Kier molecular flexibility index (Phi) is 7.32. The number of hydrogen-bond acceptors (Lipinski definition) is 3. The molecule has 0 aromatic heterocycles. The largest absolute Gasteiger partial charge is 0.387 e. The quantitative estimate of drug-likeness (QED) is 0.771.